The number of rotatable bonds is 26. The smallest absolute Gasteiger partial charge is 0.404 e. The van der Waals surface area contributed by atoms with Gasteiger partial charge in [-0.1, -0.05) is 97.1 Å². The number of amidine groups is 4. The maximum Gasteiger partial charge on any atom is 0.582 e. The molecule has 5 aliphatic rings. The Kier molecular flexibility index (Phi) is 17.2. The highest BCUT2D eigenvalue weighted by atomic mass is 28.5. The molecule has 6 aromatic rings. The lowest BCUT2D eigenvalue weighted by Crippen LogP contribution is -2.70. The van der Waals surface area contributed by atoms with Crippen molar-refractivity contribution < 1.29 is 51.3 Å². The van der Waals surface area contributed by atoms with Crippen LogP contribution >= 0.6 is 0 Å². The van der Waals surface area contributed by atoms with E-state index < -0.39 is 43.3 Å². The number of methoxy groups -OCH3 is 1. The van der Waals surface area contributed by atoms with Crippen LogP contribution in [0.1, 0.15) is 73.6 Å². The van der Waals surface area contributed by atoms with Gasteiger partial charge in [0.2, 0.25) is 11.8 Å². The molecule has 84 heavy (non-hydrogen) atoms. The summed E-state index contributed by atoms with van der Waals surface area (Å²) in [6.07, 6.45) is 2.02. The van der Waals surface area contributed by atoms with Crippen molar-refractivity contribution in [3.63, 3.8) is 0 Å². The molecule has 1 fully saturated rings. The summed E-state index contributed by atoms with van der Waals surface area (Å²) in [5.41, 5.74) is 4.33. The summed E-state index contributed by atoms with van der Waals surface area (Å²) in [5.74, 6) is 0.767. The molecule has 2 N–H and O–H groups in total. The Morgan fingerprint density at radius 3 is 1.48 bits per heavy atom. The van der Waals surface area contributed by atoms with Crippen LogP contribution in [0.4, 0.5) is 11.6 Å². The third-order valence-electron chi connectivity index (χ3n) is 15.0. The minimum atomic E-state index is -4.58. The summed E-state index contributed by atoms with van der Waals surface area (Å²) in [4.78, 5) is 101. The fourth-order valence-corrected chi connectivity index (χ4v) is 23.6. The van der Waals surface area contributed by atoms with Crippen molar-refractivity contribution >= 4 is 112 Å². The normalized spacial score (nSPS) is 18.8. The fraction of sp³-hybridized carbons (Fsp3) is 0.373. The zero-order valence-corrected chi connectivity index (χ0v) is 50.8. The van der Waals surface area contributed by atoms with Gasteiger partial charge >= 0.3 is 14.9 Å². The second kappa shape index (κ2) is 24.8. The summed E-state index contributed by atoms with van der Waals surface area (Å²) in [6, 6.07) is 33.3. The Balaban J connectivity index is 0.994. The van der Waals surface area contributed by atoms with Crippen LogP contribution in [0.2, 0.25) is 38.3 Å². The van der Waals surface area contributed by atoms with Crippen LogP contribution in [-0.4, -0.2) is 145 Å². The first kappa shape index (κ1) is 58.0. The number of aromatic nitrogens is 2. The van der Waals surface area contributed by atoms with Crippen molar-refractivity contribution in [1.82, 2.24) is 24.2 Å². The lowest BCUT2D eigenvalue weighted by atomic mass is 10.1. The molecule has 7 heterocycles. The number of hydrogen-bond donors (Lipinski definition) is 2. The van der Waals surface area contributed by atoms with E-state index >= 15 is 0 Å². The SMILES string of the molecule is COCCOCCOCC(=O)NCCC[Si](C)(C)O[Si]1(O[Si](C)(C)CCCNC(=O)CCCCC(=O)ON2C(=O)CCC2=O)n2c3c4ccccc4c2/N=C2N=C(/N=c4/c5ccccc5/c(n41)=N/C1=NC(=N\3)/c3ccccc31)c1ccccc1\2. The van der Waals surface area contributed by atoms with Gasteiger partial charge < -0.3 is 37.9 Å². The first-order valence-corrected chi connectivity index (χ1v) is 36.5. The van der Waals surface area contributed by atoms with Gasteiger partial charge in [-0.25, -0.2) is 34.7 Å². The Labute approximate surface area is 488 Å². The zero-order chi connectivity index (χ0) is 58.6. The average molecular weight is 1190 g/mol. The van der Waals surface area contributed by atoms with Crippen LogP contribution in [0, 0.1) is 0 Å². The van der Waals surface area contributed by atoms with Crippen LogP contribution < -0.4 is 21.6 Å². The Morgan fingerprint density at radius 1 is 0.524 bits per heavy atom. The van der Waals surface area contributed by atoms with Gasteiger partial charge in [0.25, 0.3) is 11.8 Å². The second-order valence-electron chi connectivity index (χ2n) is 22.2. The van der Waals surface area contributed by atoms with E-state index in [1.807, 2.05) is 97.1 Å². The van der Waals surface area contributed by atoms with Crippen molar-refractivity contribution in [2.24, 2.45) is 30.0 Å². The van der Waals surface area contributed by atoms with E-state index in [9.17, 15) is 24.0 Å². The lowest BCUT2D eigenvalue weighted by molar-refractivity contribution is -0.197. The number of imide groups is 1. The molecule has 0 aliphatic carbocycles. The van der Waals surface area contributed by atoms with Gasteiger partial charge in [0.1, 0.15) is 29.2 Å². The summed E-state index contributed by atoms with van der Waals surface area (Å²) in [7, 11) is -9.10. The summed E-state index contributed by atoms with van der Waals surface area (Å²) >= 11 is 0. The van der Waals surface area contributed by atoms with Gasteiger partial charge in [0, 0.05) is 89.7 Å². The summed E-state index contributed by atoms with van der Waals surface area (Å²) in [5, 5.41) is 9.83. The van der Waals surface area contributed by atoms with Crippen molar-refractivity contribution in [3.05, 3.63) is 130 Å². The molecule has 4 aromatic carbocycles. The van der Waals surface area contributed by atoms with Crippen molar-refractivity contribution in [2.75, 3.05) is 53.2 Å². The second-order valence-corrected chi connectivity index (χ2v) is 33.9. The van der Waals surface area contributed by atoms with E-state index in [4.69, 9.17) is 57.2 Å². The third kappa shape index (κ3) is 12.1. The van der Waals surface area contributed by atoms with E-state index in [1.165, 1.54) is 0 Å². The van der Waals surface area contributed by atoms with Gasteiger partial charge in [-0.2, -0.15) is 0 Å². The van der Waals surface area contributed by atoms with Crippen LogP contribution in [0.25, 0.3) is 21.5 Å². The molecule has 1 saturated heterocycles. The van der Waals surface area contributed by atoms with Gasteiger partial charge in [-0.3, -0.25) is 27.6 Å². The van der Waals surface area contributed by atoms with Crippen molar-refractivity contribution in [1.29, 1.82) is 0 Å². The summed E-state index contributed by atoms with van der Waals surface area (Å²) < 4.78 is 37.0. The van der Waals surface area contributed by atoms with Crippen LogP contribution in [0.15, 0.2) is 127 Å². The fourth-order valence-electron chi connectivity index (χ4n) is 11.0. The Bertz CT molecular complexity index is 3690. The Hall–Kier alpha value is -7.76. The molecular formula is C59H67N11O11Si3. The van der Waals surface area contributed by atoms with Gasteiger partial charge in [0.15, 0.2) is 40.0 Å². The number of nitrogens with one attached hydrogen (secondary N) is 2. The highest BCUT2D eigenvalue weighted by Gasteiger charge is 2.58. The molecule has 436 valence electrons. The van der Waals surface area contributed by atoms with Crippen molar-refractivity contribution in [2.45, 2.75) is 89.6 Å². The maximum absolute atomic E-state index is 13.3. The number of carbonyl (C=O) groups excluding carboxylic acids is 5. The molecule has 22 nitrogen and oxygen atoms in total. The summed E-state index contributed by atoms with van der Waals surface area (Å²) in [6.45, 7) is 10.9. The molecule has 5 aliphatic heterocycles. The first-order valence-electron chi connectivity index (χ1n) is 28.5. The van der Waals surface area contributed by atoms with E-state index in [0.29, 0.717) is 122 Å². The molecule has 1 atom stereocenters. The van der Waals surface area contributed by atoms with E-state index in [2.05, 4.69) is 45.3 Å². The van der Waals surface area contributed by atoms with Crippen LogP contribution in [0.3, 0.4) is 0 Å². The number of carbonyl (C=O) groups is 5. The number of fused-ring (bicyclic) bond motifs is 14. The highest BCUT2D eigenvalue weighted by Crippen LogP contribution is 2.45. The molecule has 6 bridgehead atoms. The molecule has 0 radical (unpaired) electrons. The molecule has 2 aromatic heterocycles. The van der Waals surface area contributed by atoms with E-state index in [-0.39, 0.29) is 50.7 Å². The number of nitrogens with zero attached hydrogens (tertiary/aromatic N) is 9. The minimum absolute atomic E-state index is 0.0124. The molecular weight excluding hydrogens is 1120 g/mol. The average Bonchev–Trinajstić information content (AvgIpc) is 1.60. The molecule has 0 spiro atoms. The monoisotopic (exact) mass is 1190 g/mol. The number of benzene rings is 4. The standard InChI is InChI=1S/C59H67N11O11Si3/c1-76-32-33-77-34-35-78-38-48(72)61-31-17-37-83(4,5)81-84(80-82(2,3)36-16-30-60-47(71)26-14-15-27-51(75)79-68-49(73)28-29-50(68)74)69-56-43-22-10-11-23-44(43)58(69)66-54-41-20-8-9-21-42(41)55(63-54)67-59-46-25-13-12-24-45(46)57(70(59)84)65-53-40-19-7-6-18-39(40)52(62-53)64-56/h6-13,18-25H,14-17,26-38H2,1-5H3,(H,60,71)(H,61,72)/b64-52-,64-56?,65-53?,65-57-,66-54-,66-58?,67-55?,67-59-. The molecule has 0 saturated carbocycles. The van der Waals surface area contributed by atoms with Gasteiger partial charge in [-0.05, 0) is 64.0 Å². The predicted molar refractivity (Wildman–Crippen MR) is 322 cm³/mol. The van der Waals surface area contributed by atoms with Gasteiger partial charge in [0.05, 0.1) is 26.4 Å². The minimum Gasteiger partial charge on any atom is -0.404 e. The highest BCUT2D eigenvalue weighted by molar-refractivity contribution is 6.88. The van der Waals surface area contributed by atoms with E-state index in [0.717, 1.165) is 43.8 Å². The number of ether oxygens (including phenoxy) is 3. The lowest BCUT2D eigenvalue weighted by Gasteiger charge is -2.43. The molecule has 11 rings (SSSR count). The van der Waals surface area contributed by atoms with Crippen molar-refractivity contribution in [3.8, 4) is 0 Å². The first-order chi connectivity index (χ1) is 40.6. The predicted octanol–water partition coefficient (Wildman–Crippen LogP) is 6.67. The number of hydrogen-bond acceptors (Lipinski definition) is 17. The number of amides is 4. The van der Waals surface area contributed by atoms with E-state index in [1.54, 1.807) is 7.11 Å². The molecule has 25 heteroatoms. The molecule has 1 unspecified atom stereocenters. The molecule has 4 amide bonds. The Morgan fingerprint density at radius 2 is 0.964 bits per heavy atom. The quantitative estimate of drug-likeness (QED) is 0.0329. The number of unbranched alkanes of at least 4 members (excludes halogenated alkanes) is 1. The number of aliphatic imine (C=N–C) groups is 4. The third-order valence-corrected chi connectivity index (χ3v) is 26.6. The van der Waals surface area contributed by atoms with Crippen LogP contribution in [-0.2, 0) is 51.3 Å². The van der Waals surface area contributed by atoms with Crippen LogP contribution in [0.5, 0.6) is 0 Å². The zero-order valence-electron chi connectivity index (χ0n) is 47.8. The largest absolute Gasteiger partial charge is 0.582 e. The number of hydroxylamine groups is 2. The van der Waals surface area contributed by atoms with Gasteiger partial charge in [-0.15, -0.1) is 5.06 Å². The maximum atomic E-state index is 13.3. The topological polar surface area (TPSA) is 252 Å².